The number of rotatable bonds is 3. The van der Waals surface area contributed by atoms with Gasteiger partial charge in [0.15, 0.2) is 0 Å². The van der Waals surface area contributed by atoms with E-state index in [1.165, 1.54) is 0 Å². The molecule has 1 aromatic carbocycles. The van der Waals surface area contributed by atoms with Gasteiger partial charge in [-0.1, -0.05) is 12.1 Å². The monoisotopic (exact) mass is 353 g/mol. The molecule has 0 unspecified atom stereocenters. The molecule has 0 aliphatic carbocycles. The minimum atomic E-state index is -0.0255. The Kier molecular flexibility index (Phi) is 4.10. The summed E-state index contributed by atoms with van der Waals surface area (Å²) >= 11 is 1.56. The van der Waals surface area contributed by atoms with Crippen LogP contribution in [0.3, 0.4) is 0 Å². The Morgan fingerprint density at radius 3 is 2.96 bits per heavy atom. The van der Waals surface area contributed by atoms with Gasteiger partial charge in [-0.25, -0.2) is 9.97 Å². The van der Waals surface area contributed by atoms with E-state index < -0.39 is 0 Å². The van der Waals surface area contributed by atoms with E-state index in [-0.39, 0.29) is 11.2 Å². The van der Waals surface area contributed by atoms with Gasteiger partial charge in [0.05, 0.1) is 17.2 Å². The molecule has 3 aromatic rings. The molecule has 7 nitrogen and oxygen atoms in total. The topological polar surface area (TPSA) is 81.9 Å². The molecule has 2 aromatic heterocycles. The van der Waals surface area contributed by atoms with Crippen LogP contribution in [-0.2, 0) is 11.8 Å². The lowest BCUT2D eigenvalue weighted by molar-refractivity contribution is -0.113. The van der Waals surface area contributed by atoms with Crippen molar-refractivity contribution in [3.63, 3.8) is 0 Å². The molecule has 1 aliphatic rings. The van der Waals surface area contributed by atoms with Gasteiger partial charge in [-0.05, 0) is 23.8 Å². The highest BCUT2D eigenvalue weighted by atomic mass is 32.2. The third kappa shape index (κ3) is 3.20. The first-order chi connectivity index (χ1) is 12.2. The highest BCUT2D eigenvalue weighted by molar-refractivity contribution is 8.00. The highest BCUT2D eigenvalue weighted by Gasteiger charge is 2.27. The average molecular weight is 353 g/mol. The number of anilines is 1. The number of ether oxygens (including phenoxy) is 1. The fraction of sp³-hybridized carbons (Fsp3) is 0.176. The van der Waals surface area contributed by atoms with Crippen LogP contribution in [0.2, 0.25) is 0 Å². The molecule has 0 bridgehead atoms. The van der Waals surface area contributed by atoms with Crippen molar-refractivity contribution in [1.82, 2.24) is 19.7 Å². The number of amides is 1. The molecule has 8 heteroatoms. The summed E-state index contributed by atoms with van der Waals surface area (Å²) < 4.78 is 7.41. The third-order valence-corrected chi connectivity index (χ3v) is 5.09. The first kappa shape index (κ1) is 15.6. The molecule has 0 spiro atoms. The summed E-state index contributed by atoms with van der Waals surface area (Å²) in [6.07, 6.45) is 5.06. The Labute approximate surface area is 148 Å². The van der Waals surface area contributed by atoms with E-state index in [9.17, 15) is 4.79 Å². The van der Waals surface area contributed by atoms with E-state index in [2.05, 4.69) is 20.4 Å². The molecule has 1 aliphatic heterocycles. The van der Waals surface area contributed by atoms with E-state index in [1.807, 2.05) is 31.3 Å². The fourth-order valence-electron chi connectivity index (χ4n) is 2.68. The van der Waals surface area contributed by atoms with Crippen LogP contribution in [0.5, 0.6) is 11.8 Å². The van der Waals surface area contributed by atoms with Crippen molar-refractivity contribution in [3.8, 4) is 11.8 Å². The van der Waals surface area contributed by atoms with Crippen molar-refractivity contribution in [2.45, 2.75) is 5.25 Å². The van der Waals surface area contributed by atoms with Crippen LogP contribution in [0.25, 0.3) is 0 Å². The molecule has 126 valence electrons. The molecule has 0 saturated carbocycles. The van der Waals surface area contributed by atoms with Crippen LogP contribution < -0.4 is 10.1 Å². The molecule has 25 heavy (non-hydrogen) atoms. The number of carbonyl (C=O) groups excluding carboxylic acids is 1. The number of thioether (sulfide) groups is 1. The molecule has 0 saturated heterocycles. The summed E-state index contributed by atoms with van der Waals surface area (Å²) in [6, 6.07) is 9.77. The molecule has 0 fully saturated rings. The Morgan fingerprint density at radius 2 is 2.12 bits per heavy atom. The zero-order chi connectivity index (χ0) is 17.2. The quantitative estimate of drug-likeness (QED) is 0.780. The van der Waals surface area contributed by atoms with Gasteiger partial charge in [-0.3, -0.25) is 9.48 Å². The number of benzene rings is 1. The maximum atomic E-state index is 12.0. The molecular formula is C17H15N5O2S. The lowest BCUT2D eigenvalue weighted by Crippen LogP contribution is -2.15. The van der Waals surface area contributed by atoms with Gasteiger partial charge in [-0.15, -0.1) is 11.8 Å². The van der Waals surface area contributed by atoms with Gasteiger partial charge >= 0.3 is 6.01 Å². The predicted molar refractivity (Wildman–Crippen MR) is 94.7 cm³/mol. The second-order valence-corrected chi connectivity index (χ2v) is 6.61. The minimum absolute atomic E-state index is 0.0112. The number of hydrogen-bond donors (Lipinski definition) is 1. The van der Waals surface area contributed by atoms with Crippen LogP contribution in [0.1, 0.15) is 16.4 Å². The molecule has 1 atom stereocenters. The van der Waals surface area contributed by atoms with Crippen LogP contribution in [0, 0.1) is 0 Å². The lowest BCUT2D eigenvalue weighted by Gasteiger charge is -2.15. The van der Waals surface area contributed by atoms with Gasteiger partial charge in [-0.2, -0.15) is 5.10 Å². The smallest absolute Gasteiger partial charge is 0.321 e. The molecule has 0 radical (unpaired) electrons. The van der Waals surface area contributed by atoms with E-state index in [0.717, 1.165) is 16.9 Å². The number of aromatic nitrogens is 4. The average Bonchev–Trinajstić information content (AvgIpc) is 2.88. The Bertz CT molecular complexity index is 912. The Balaban J connectivity index is 1.68. The van der Waals surface area contributed by atoms with Gasteiger partial charge < -0.3 is 10.1 Å². The van der Waals surface area contributed by atoms with Crippen molar-refractivity contribution in [1.29, 1.82) is 0 Å². The minimum Gasteiger partial charge on any atom is -0.424 e. The van der Waals surface area contributed by atoms with Gasteiger partial charge in [0.1, 0.15) is 11.6 Å². The van der Waals surface area contributed by atoms with Crippen molar-refractivity contribution in [2.75, 3.05) is 11.1 Å². The van der Waals surface area contributed by atoms with Crippen molar-refractivity contribution in [3.05, 3.63) is 60.0 Å². The third-order valence-electron chi connectivity index (χ3n) is 3.80. The summed E-state index contributed by atoms with van der Waals surface area (Å²) in [5.41, 5.74) is 2.01. The summed E-state index contributed by atoms with van der Waals surface area (Å²) in [4.78, 5) is 20.1. The largest absolute Gasteiger partial charge is 0.424 e. The van der Waals surface area contributed by atoms with E-state index in [4.69, 9.17) is 4.74 Å². The number of carbonyl (C=O) groups is 1. The van der Waals surface area contributed by atoms with Gasteiger partial charge in [0.2, 0.25) is 5.91 Å². The fourth-order valence-corrected chi connectivity index (χ4v) is 3.76. The molecule has 4 rings (SSSR count). The summed E-state index contributed by atoms with van der Waals surface area (Å²) in [5, 5.41) is 7.18. The van der Waals surface area contributed by atoms with Gasteiger partial charge in [0, 0.05) is 25.0 Å². The van der Waals surface area contributed by atoms with Crippen LogP contribution in [0.4, 0.5) is 5.82 Å². The summed E-state index contributed by atoms with van der Waals surface area (Å²) in [5.74, 6) is 1.74. The number of nitrogens with one attached hydrogen (secondary N) is 1. The van der Waals surface area contributed by atoms with E-state index in [0.29, 0.717) is 17.5 Å². The normalized spacial score (nSPS) is 16.7. The van der Waals surface area contributed by atoms with Crippen molar-refractivity contribution in [2.24, 2.45) is 7.05 Å². The standard InChI is InChI=1S/C17H15N5O2S/c1-22-16-13(9-20-22)15(25-10-14(23)21-16)11-4-2-5-12(8-11)24-17-18-6-3-7-19-17/h2-9,15H,10H2,1H3,(H,21,23)/t15-/m0/s1. The number of fused-ring (bicyclic) bond motifs is 1. The second kappa shape index (κ2) is 6.56. The SMILES string of the molecule is Cn1ncc2c1NC(=O)CS[C@H]2c1cccc(Oc2ncccn2)c1. The van der Waals surface area contributed by atoms with Gasteiger partial charge in [0.25, 0.3) is 0 Å². The number of nitrogens with zero attached hydrogens (tertiary/aromatic N) is 4. The maximum absolute atomic E-state index is 12.0. The van der Waals surface area contributed by atoms with Crippen LogP contribution in [-0.4, -0.2) is 31.4 Å². The van der Waals surface area contributed by atoms with Crippen LogP contribution >= 0.6 is 11.8 Å². The summed E-state index contributed by atoms with van der Waals surface area (Å²) in [6.45, 7) is 0. The van der Waals surface area contributed by atoms with Crippen molar-refractivity contribution < 1.29 is 9.53 Å². The Hall–Kier alpha value is -2.87. The summed E-state index contributed by atoms with van der Waals surface area (Å²) in [7, 11) is 1.82. The van der Waals surface area contributed by atoms with Crippen molar-refractivity contribution >= 4 is 23.5 Å². The second-order valence-electron chi connectivity index (χ2n) is 5.52. The zero-order valence-corrected chi connectivity index (χ0v) is 14.2. The maximum Gasteiger partial charge on any atom is 0.321 e. The lowest BCUT2D eigenvalue weighted by atomic mass is 10.1. The number of aryl methyl sites for hydroxylation is 1. The van der Waals surface area contributed by atoms with E-state index >= 15 is 0 Å². The van der Waals surface area contributed by atoms with E-state index in [1.54, 1.807) is 41.1 Å². The predicted octanol–water partition coefficient (Wildman–Crippen LogP) is 2.78. The number of hydrogen-bond acceptors (Lipinski definition) is 6. The highest BCUT2D eigenvalue weighted by Crippen LogP contribution is 2.42. The first-order valence-electron chi connectivity index (χ1n) is 7.69. The zero-order valence-electron chi connectivity index (χ0n) is 13.4. The molecular weight excluding hydrogens is 338 g/mol. The molecule has 1 amide bonds. The van der Waals surface area contributed by atoms with Crippen LogP contribution in [0.15, 0.2) is 48.9 Å². The first-order valence-corrected chi connectivity index (χ1v) is 8.74. The molecule has 1 N–H and O–H groups in total. The Morgan fingerprint density at radius 1 is 1.28 bits per heavy atom. The molecule has 3 heterocycles.